The fourth-order valence-electron chi connectivity index (χ4n) is 2.74. The number of nitrogens with zero attached hydrogens (tertiary/aromatic N) is 2. The van der Waals surface area contributed by atoms with Crippen molar-refractivity contribution in [3.05, 3.63) is 11.4 Å². The summed E-state index contributed by atoms with van der Waals surface area (Å²) >= 11 is 0. The van der Waals surface area contributed by atoms with E-state index in [4.69, 9.17) is 4.74 Å². The maximum Gasteiger partial charge on any atom is 0.360 e. The standard InChI is InChI=1S/C10H14N4O2/c1-2-16-9(15)7-8(13-14-12-7)10-3-6(4-10)5-11-10/h6,11H,2-5H2,1H3,(H,12,13,14). The number of carbonyl (C=O) groups is 1. The molecule has 3 heterocycles. The van der Waals surface area contributed by atoms with Gasteiger partial charge < -0.3 is 10.1 Å². The third kappa shape index (κ3) is 1.19. The van der Waals surface area contributed by atoms with Gasteiger partial charge in [0.15, 0.2) is 5.69 Å². The molecule has 1 saturated carbocycles. The van der Waals surface area contributed by atoms with E-state index in [1.807, 2.05) is 0 Å². The molecule has 4 rings (SSSR count). The van der Waals surface area contributed by atoms with Crippen molar-refractivity contribution in [3.8, 4) is 0 Å². The zero-order valence-corrected chi connectivity index (χ0v) is 9.12. The molecular weight excluding hydrogens is 208 g/mol. The van der Waals surface area contributed by atoms with Crippen molar-refractivity contribution >= 4 is 5.97 Å². The van der Waals surface area contributed by atoms with Crippen LogP contribution in [0, 0.1) is 5.92 Å². The van der Waals surface area contributed by atoms with Gasteiger partial charge in [-0.05, 0) is 32.2 Å². The lowest BCUT2D eigenvalue weighted by atomic mass is 9.71. The summed E-state index contributed by atoms with van der Waals surface area (Å²) in [6.07, 6.45) is 2.10. The Morgan fingerprint density at radius 2 is 2.38 bits per heavy atom. The molecule has 2 aliphatic heterocycles. The highest BCUT2D eigenvalue weighted by molar-refractivity contribution is 5.88. The molecule has 3 aliphatic rings. The van der Waals surface area contributed by atoms with Crippen molar-refractivity contribution in [2.75, 3.05) is 13.2 Å². The van der Waals surface area contributed by atoms with E-state index < -0.39 is 5.97 Å². The van der Waals surface area contributed by atoms with Gasteiger partial charge in [-0.25, -0.2) is 4.79 Å². The lowest BCUT2D eigenvalue weighted by Gasteiger charge is -2.35. The quantitative estimate of drug-likeness (QED) is 0.714. The molecule has 0 amide bonds. The minimum atomic E-state index is -0.391. The van der Waals surface area contributed by atoms with E-state index in [-0.39, 0.29) is 5.54 Å². The first-order valence-corrected chi connectivity index (χ1v) is 5.58. The van der Waals surface area contributed by atoms with Crippen LogP contribution in [0.25, 0.3) is 0 Å². The summed E-state index contributed by atoms with van der Waals surface area (Å²) in [6, 6.07) is 0. The van der Waals surface area contributed by atoms with Crippen LogP contribution in [0.5, 0.6) is 0 Å². The van der Waals surface area contributed by atoms with Gasteiger partial charge in [-0.2, -0.15) is 10.3 Å². The highest BCUT2D eigenvalue weighted by Gasteiger charge is 2.54. The van der Waals surface area contributed by atoms with Crippen LogP contribution in [0.15, 0.2) is 0 Å². The molecule has 2 saturated heterocycles. The zero-order chi connectivity index (χ0) is 11.2. The number of aromatic amines is 1. The SMILES string of the molecule is CCOC(=O)c1n[nH]nc1C12CC(CN1)C2. The molecule has 6 heteroatoms. The molecule has 2 bridgehead atoms. The van der Waals surface area contributed by atoms with Gasteiger partial charge in [-0.3, -0.25) is 0 Å². The highest BCUT2D eigenvalue weighted by atomic mass is 16.5. The van der Waals surface area contributed by atoms with E-state index in [1.165, 1.54) is 0 Å². The summed E-state index contributed by atoms with van der Waals surface area (Å²) in [7, 11) is 0. The Hall–Kier alpha value is -1.43. The normalized spacial score (nSPS) is 31.2. The van der Waals surface area contributed by atoms with E-state index in [9.17, 15) is 4.79 Å². The van der Waals surface area contributed by atoms with E-state index >= 15 is 0 Å². The number of rotatable bonds is 3. The van der Waals surface area contributed by atoms with Crippen molar-refractivity contribution in [1.82, 2.24) is 20.7 Å². The summed E-state index contributed by atoms with van der Waals surface area (Å²) in [4.78, 5) is 11.7. The van der Waals surface area contributed by atoms with Crippen LogP contribution in [0.4, 0.5) is 0 Å². The molecule has 0 unspecified atom stereocenters. The largest absolute Gasteiger partial charge is 0.461 e. The van der Waals surface area contributed by atoms with Gasteiger partial charge >= 0.3 is 5.97 Å². The summed E-state index contributed by atoms with van der Waals surface area (Å²) in [5.41, 5.74) is 0.925. The van der Waals surface area contributed by atoms with Gasteiger partial charge in [0.25, 0.3) is 0 Å². The van der Waals surface area contributed by atoms with Crippen molar-refractivity contribution in [1.29, 1.82) is 0 Å². The molecule has 6 nitrogen and oxygen atoms in total. The van der Waals surface area contributed by atoms with Crippen LogP contribution in [0.3, 0.4) is 0 Å². The predicted octanol–water partition coefficient (Wildman–Crippen LogP) is 0.190. The van der Waals surface area contributed by atoms with E-state index in [1.54, 1.807) is 6.92 Å². The van der Waals surface area contributed by atoms with Gasteiger partial charge in [-0.15, -0.1) is 5.10 Å². The zero-order valence-electron chi connectivity index (χ0n) is 9.12. The average Bonchev–Trinajstić information content (AvgIpc) is 2.91. The average molecular weight is 222 g/mol. The Kier molecular flexibility index (Phi) is 2.00. The second-order valence-electron chi connectivity index (χ2n) is 4.48. The molecular formula is C10H14N4O2. The number of ether oxygens (including phenoxy) is 1. The van der Waals surface area contributed by atoms with E-state index in [2.05, 4.69) is 20.7 Å². The topological polar surface area (TPSA) is 79.9 Å². The van der Waals surface area contributed by atoms with Crippen LogP contribution in [-0.2, 0) is 10.3 Å². The summed E-state index contributed by atoms with van der Waals surface area (Å²) < 4.78 is 4.96. The Labute approximate surface area is 92.7 Å². The number of nitrogens with one attached hydrogen (secondary N) is 2. The van der Waals surface area contributed by atoms with Gasteiger partial charge in [0.2, 0.25) is 0 Å². The summed E-state index contributed by atoms with van der Waals surface area (Å²) in [5, 5.41) is 14.0. The minimum Gasteiger partial charge on any atom is -0.461 e. The van der Waals surface area contributed by atoms with Crippen LogP contribution in [0.2, 0.25) is 0 Å². The van der Waals surface area contributed by atoms with Crippen LogP contribution >= 0.6 is 0 Å². The number of H-pyrrole nitrogens is 1. The lowest BCUT2D eigenvalue weighted by molar-refractivity contribution is 0.0513. The Balaban J connectivity index is 1.91. The molecule has 1 aromatic rings. The van der Waals surface area contributed by atoms with Crippen molar-refractivity contribution in [2.24, 2.45) is 5.92 Å². The molecule has 1 aromatic heterocycles. The van der Waals surface area contributed by atoms with Gasteiger partial charge in [0.1, 0.15) is 5.69 Å². The van der Waals surface area contributed by atoms with Crippen molar-refractivity contribution in [2.45, 2.75) is 25.3 Å². The van der Waals surface area contributed by atoms with E-state index in [0.29, 0.717) is 12.3 Å². The number of esters is 1. The van der Waals surface area contributed by atoms with Crippen LogP contribution in [-0.4, -0.2) is 34.5 Å². The molecule has 0 spiro atoms. The molecule has 16 heavy (non-hydrogen) atoms. The molecule has 0 atom stereocenters. The third-order valence-corrected chi connectivity index (χ3v) is 3.47. The fourth-order valence-corrected chi connectivity index (χ4v) is 2.74. The first kappa shape index (κ1) is 9.77. The minimum absolute atomic E-state index is 0.125. The molecule has 0 radical (unpaired) electrons. The van der Waals surface area contributed by atoms with Crippen molar-refractivity contribution in [3.63, 3.8) is 0 Å². The van der Waals surface area contributed by atoms with Gasteiger partial charge in [0.05, 0.1) is 12.1 Å². The molecule has 86 valence electrons. The van der Waals surface area contributed by atoms with Crippen LogP contribution < -0.4 is 5.32 Å². The fraction of sp³-hybridized carbons (Fsp3) is 0.700. The van der Waals surface area contributed by atoms with Gasteiger partial charge in [-0.1, -0.05) is 0 Å². The molecule has 1 aliphatic carbocycles. The van der Waals surface area contributed by atoms with Gasteiger partial charge in [0, 0.05) is 0 Å². The summed E-state index contributed by atoms with van der Waals surface area (Å²) in [6.45, 7) is 3.15. The highest BCUT2D eigenvalue weighted by Crippen LogP contribution is 2.50. The Morgan fingerprint density at radius 3 is 3.00 bits per heavy atom. The molecule has 3 fully saturated rings. The lowest BCUT2D eigenvalue weighted by Crippen LogP contribution is -2.41. The number of aromatic nitrogens is 3. The monoisotopic (exact) mass is 222 g/mol. The first-order valence-electron chi connectivity index (χ1n) is 5.58. The van der Waals surface area contributed by atoms with Crippen LogP contribution in [0.1, 0.15) is 35.9 Å². The van der Waals surface area contributed by atoms with Crippen molar-refractivity contribution < 1.29 is 9.53 Å². The first-order chi connectivity index (χ1) is 7.75. The second-order valence-corrected chi connectivity index (χ2v) is 4.48. The van der Waals surface area contributed by atoms with E-state index in [0.717, 1.165) is 31.0 Å². The summed E-state index contributed by atoms with van der Waals surface area (Å²) in [5.74, 6) is 0.338. The number of hydrogen-bond donors (Lipinski definition) is 2. The Bertz CT molecular complexity index is 417. The third-order valence-electron chi connectivity index (χ3n) is 3.47. The molecule has 0 aromatic carbocycles. The maximum absolute atomic E-state index is 11.7. The maximum atomic E-state index is 11.7. The smallest absolute Gasteiger partial charge is 0.360 e. The molecule has 2 N–H and O–H groups in total. The number of hydrogen-bond acceptors (Lipinski definition) is 5. The number of fused-ring (bicyclic) bond motifs is 1. The predicted molar refractivity (Wildman–Crippen MR) is 54.7 cm³/mol. The second kappa shape index (κ2) is 3.28. The Morgan fingerprint density at radius 1 is 1.56 bits per heavy atom. The number of carbonyl (C=O) groups excluding carboxylic acids is 1.